The second kappa shape index (κ2) is 4.93. The molecule has 3 rings (SSSR count). The molecule has 0 spiro atoms. The molecule has 1 saturated heterocycles. The predicted octanol–water partition coefficient (Wildman–Crippen LogP) is 1.75. The fourth-order valence-electron chi connectivity index (χ4n) is 3.29. The van der Waals surface area contributed by atoms with E-state index in [4.69, 9.17) is 0 Å². The largest absolute Gasteiger partial charge is 0.322 e. The van der Waals surface area contributed by atoms with Crippen molar-refractivity contribution in [3.05, 3.63) is 34.9 Å². The van der Waals surface area contributed by atoms with Crippen LogP contribution in [-0.4, -0.2) is 28.7 Å². The maximum atomic E-state index is 12.7. The maximum absolute atomic E-state index is 12.7. The molecule has 1 aromatic rings. The van der Waals surface area contributed by atoms with Crippen LogP contribution in [0.1, 0.15) is 55.1 Å². The van der Waals surface area contributed by atoms with Crippen LogP contribution in [-0.2, 0) is 21.5 Å². The van der Waals surface area contributed by atoms with Gasteiger partial charge in [0.25, 0.3) is 5.91 Å². The Morgan fingerprint density at radius 3 is 2.55 bits per heavy atom. The van der Waals surface area contributed by atoms with E-state index in [-0.39, 0.29) is 29.6 Å². The number of fused-ring (bicyclic) bond motifs is 1. The molecule has 5 nitrogen and oxygen atoms in total. The smallest absolute Gasteiger partial charge is 0.255 e. The minimum atomic E-state index is -0.551. The van der Waals surface area contributed by atoms with E-state index >= 15 is 0 Å². The second-order valence-corrected chi connectivity index (χ2v) is 6.98. The topological polar surface area (TPSA) is 66.5 Å². The van der Waals surface area contributed by atoms with E-state index < -0.39 is 6.04 Å². The molecule has 0 unspecified atom stereocenters. The Morgan fingerprint density at radius 1 is 1.18 bits per heavy atom. The third-order valence-electron chi connectivity index (χ3n) is 4.39. The summed E-state index contributed by atoms with van der Waals surface area (Å²) in [5.74, 6) is -0.744. The van der Waals surface area contributed by atoms with Gasteiger partial charge >= 0.3 is 0 Å². The van der Waals surface area contributed by atoms with E-state index in [2.05, 4.69) is 26.1 Å². The van der Waals surface area contributed by atoms with Gasteiger partial charge in [-0.3, -0.25) is 19.7 Å². The summed E-state index contributed by atoms with van der Waals surface area (Å²) in [6, 6.07) is 5.20. The van der Waals surface area contributed by atoms with E-state index in [1.807, 2.05) is 18.2 Å². The number of nitrogens with zero attached hydrogens (tertiary/aromatic N) is 1. The van der Waals surface area contributed by atoms with E-state index in [1.165, 1.54) is 0 Å². The molecule has 2 aliphatic rings. The van der Waals surface area contributed by atoms with Crippen molar-refractivity contribution in [1.29, 1.82) is 0 Å². The monoisotopic (exact) mass is 300 g/mol. The summed E-state index contributed by atoms with van der Waals surface area (Å²) in [7, 11) is 0. The molecule has 2 aliphatic heterocycles. The van der Waals surface area contributed by atoms with Gasteiger partial charge in [-0.25, -0.2) is 0 Å². The molecule has 1 N–H and O–H groups in total. The normalized spacial score (nSPS) is 21.9. The van der Waals surface area contributed by atoms with Gasteiger partial charge < -0.3 is 4.90 Å². The number of amides is 3. The molecule has 2 heterocycles. The van der Waals surface area contributed by atoms with Crippen LogP contribution < -0.4 is 5.32 Å². The van der Waals surface area contributed by atoms with E-state index in [9.17, 15) is 14.4 Å². The summed E-state index contributed by atoms with van der Waals surface area (Å²) in [5, 5.41) is 2.33. The fourth-order valence-corrected chi connectivity index (χ4v) is 3.29. The molecule has 3 amide bonds. The molecular formula is C17H20N2O3. The number of imide groups is 1. The standard InChI is InChI=1S/C17H20N2O3/c1-17(2,3)12-6-4-5-10-11(12)9-19(16(10)22)13-7-8-14(20)18-15(13)21/h4-6,13H,7-9H2,1-3H3,(H,18,20,21)/t13-/m1/s1. The van der Waals surface area contributed by atoms with Gasteiger partial charge in [-0.05, 0) is 29.0 Å². The van der Waals surface area contributed by atoms with Crippen molar-refractivity contribution in [3.8, 4) is 0 Å². The predicted molar refractivity (Wildman–Crippen MR) is 81.2 cm³/mol. The number of nitrogens with one attached hydrogen (secondary N) is 1. The number of hydrogen-bond acceptors (Lipinski definition) is 3. The van der Waals surface area contributed by atoms with Crippen LogP contribution >= 0.6 is 0 Å². The molecule has 0 saturated carbocycles. The first-order valence-electron chi connectivity index (χ1n) is 7.56. The van der Waals surface area contributed by atoms with E-state index in [0.717, 1.165) is 11.1 Å². The Labute approximate surface area is 129 Å². The van der Waals surface area contributed by atoms with Gasteiger partial charge in [-0.2, -0.15) is 0 Å². The van der Waals surface area contributed by atoms with Crippen LogP contribution in [0.4, 0.5) is 0 Å². The fraction of sp³-hybridized carbons (Fsp3) is 0.471. The molecule has 0 aliphatic carbocycles. The average Bonchev–Trinajstić information content (AvgIpc) is 2.75. The molecule has 0 radical (unpaired) electrons. The van der Waals surface area contributed by atoms with Crippen molar-refractivity contribution in [2.24, 2.45) is 0 Å². The van der Waals surface area contributed by atoms with Crippen molar-refractivity contribution in [3.63, 3.8) is 0 Å². The van der Waals surface area contributed by atoms with Gasteiger partial charge in [-0.15, -0.1) is 0 Å². The highest BCUT2D eigenvalue weighted by atomic mass is 16.2. The van der Waals surface area contributed by atoms with Crippen LogP contribution in [0.5, 0.6) is 0 Å². The Balaban J connectivity index is 1.95. The summed E-state index contributed by atoms with van der Waals surface area (Å²) < 4.78 is 0. The zero-order chi connectivity index (χ0) is 16.1. The number of benzene rings is 1. The Bertz CT molecular complexity index is 673. The zero-order valence-electron chi connectivity index (χ0n) is 13.1. The van der Waals surface area contributed by atoms with Gasteiger partial charge in [0.2, 0.25) is 11.8 Å². The van der Waals surface area contributed by atoms with Gasteiger partial charge in [-0.1, -0.05) is 32.9 Å². The van der Waals surface area contributed by atoms with Gasteiger partial charge in [0.1, 0.15) is 6.04 Å². The third kappa shape index (κ3) is 2.30. The minimum absolute atomic E-state index is 0.0631. The van der Waals surface area contributed by atoms with Gasteiger partial charge in [0.05, 0.1) is 0 Å². The minimum Gasteiger partial charge on any atom is -0.322 e. The number of carbonyl (C=O) groups is 3. The number of piperidine rings is 1. The molecule has 116 valence electrons. The summed E-state index contributed by atoms with van der Waals surface area (Å²) >= 11 is 0. The molecule has 1 atom stereocenters. The summed E-state index contributed by atoms with van der Waals surface area (Å²) in [5.41, 5.74) is 2.75. The average molecular weight is 300 g/mol. The Morgan fingerprint density at radius 2 is 1.91 bits per heavy atom. The van der Waals surface area contributed by atoms with E-state index in [0.29, 0.717) is 18.5 Å². The van der Waals surface area contributed by atoms with Crippen LogP contribution in [0.25, 0.3) is 0 Å². The second-order valence-electron chi connectivity index (χ2n) is 6.98. The highest BCUT2D eigenvalue weighted by Crippen LogP contribution is 2.35. The molecule has 1 fully saturated rings. The maximum Gasteiger partial charge on any atom is 0.255 e. The van der Waals surface area contributed by atoms with Crippen LogP contribution in [0, 0.1) is 0 Å². The molecular weight excluding hydrogens is 280 g/mol. The zero-order valence-corrected chi connectivity index (χ0v) is 13.1. The van der Waals surface area contributed by atoms with Crippen LogP contribution in [0.15, 0.2) is 18.2 Å². The van der Waals surface area contributed by atoms with Crippen molar-refractivity contribution >= 4 is 17.7 Å². The third-order valence-corrected chi connectivity index (χ3v) is 4.39. The lowest BCUT2D eigenvalue weighted by molar-refractivity contribution is -0.136. The summed E-state index contributed by atoms with van der Waals surface area (Å²) in [4.78, 5) is 37.6. The molecule has 22 heavy (non-hydrogen) atoms. The van der Waals surface area contributed by atoms with Crippen molar-refractivity contribution in [2.75, 3.05) is 0 Å². The van der Waals surface area contributed by atoms with Gasteiger partial charge in [0.15, 0.2) is 0 Å². The lowest BCUT2D eigenvalue weighted by Gasteiger charge is -2.29. The molecule has 0 bridgehead atoms. The van der Waals surface area contributed by atoms with Crippen LogP contribution in [0.2, 0.25) is 0 Å². The molecule has 5 heteroatoms. The molecule has 1 aromatic carbocycles. The first-order chi connectivity index (χ1) is 10.3. The van der Waals surface area contributed by atoms with Gasteiger partial charge in [0, 0.05) is 18.5 Å². The van der Waals surface area contributed by atoms with Crippen LogP contribution in [0.3, 0.4) is 0 Å². The Kier molecular flexibility index (Phi) is 3.31. The van der Waals surface area contributed by atoms with E-state index in [1.54, 1.807) is 4.90 Å². The summed E-state index contributed by atoms with van der Waals surface area (Å²) in [6.45, 7) is 6.78. The first-order valence-corrected chi connectivity index (χ1v) is 7.56. The molecule has 0 aromatic heterocycles. The van der Waals surface area contributed by atoms with Crippen molar-refractivity contribution in [1.82, 2.24) is 10.2 Å². The summed E-state index contributed by atoms with van der Waals surface area (Å²) in [6.07, 6.45) is 0.678. The number of rotatable bonds is 1. The van der Waals surface area contributed by atoms with Crippen molar-refractivity contribution < 1.29 is 14.4 Å². The Hall–Kier alpha value is -2.17. The van der Waals surface area contributed by atoms with Crippen molar-refractivity contribution in [2.45, 2.75) is 51.6 Å². The SMILES string of the molecule is CC(C)(C)c1cccc2c1CN([C@@H]1CCC(=O)NC1=O)C2=O. The lowest BCUT2D eigenvalue weighted by atomic mass is 9.83. The number of hydrogen-bond donors (Lipinski definition) is 1. The number of carbonyl (C=O) groups excluding carboxylic acids is 3. The first kappa shape index (κ1) is 14.8. The highest BCUT2D eigenvalue weighted by molar-refractivity contribution is 6.05. The lowest BCUT2D eigenvalue weighted by Crippen LogP contribution is -2.52. The highest BCUT2D eigenvalue weighted by Gasteiger charge is 2.40. The quantitative estimate of drug-likeness (QED) is 0.803.